The van der Waals surface area contributed by atoms with Crippen molar-refractivity contribution in [2.24, 2.45) is 0 Å². The van der Waals surface area contributed by atoms with Crippen LogP contribution in [-0.4, -0.2) is 261 Å². The van der Waals surface area contributed by atoms with Gasteiger partial charge >= 0.3 is 11.9 Å². The number of imidazole rings is 4. The Bertz CT molecular complexity index is 6670. The van der Waals surface area contributed by atoms with Gasteiger partial charge in [-0.05, 0) is 118 Å². The highest BCUT2D eigenvalue weighted by Crippen LogP contribution is 2.38. The van der Waals surface area contributed by atoms with E-state index in [1.54, 1.807) is 71.3 Å². The first kappa shape index (κ1) is 90.1. The first-order valence-corrected chi connectivity index (χ1v) is 39.8. The molecule has 4 aliphatic heterocycles. The molecule has 0 bridgehead atoms. The average Bonchev–Trinajstić information content (AvgIpc) is 1.62. The number of carbonyl (C=O) groups is 10. The maximum atomic E-state index is 12.6. The fraction of sp³-hybridized carbons (Fsp3) is 0.250. The highest BCUT2D eigenvalue weighted by molar-refractivity contribution is 6.02. The van der Waals surface area contributed by atoms with E-state index < -0.39 is 110 Å². The van der Waals surface area contributed by atoms with Crippen molar-refractivity contribution >= 4 is 151 Å². The molecule has 12 heterocycles. The predicted molar refractivity (Wildman–Crippen MR) is 455 cm³/mol. The lowest BCUT2D eigenvalue weighted by Crippen LogP contribution is -2.34. The number of hydrogen-bond donors (Lipinski definition) is 12. The first-order valence-electron chi connectivity index (χ1n) is 39.8. The highest BCUT2D eigenvalue weighted by atomic mass is 16.6. The summed E-state index contributed by atoms with van der Waals surface area (Å²) in [4.78, 5) is 147. The van der Waals surface area contributed by atoms with Crippen LogP contribution in [0.25, 0.3) is 66.2 Å². The number of fused-ring (bicyclic) bond motifs is 6. The molecule has 16 atom stereocenters. The van der Waals surface area contributed by atoms with E-state index in [1.165, 1.54) is 100 Å². The fourth-order valence-corrected chi connectivity index (χ4v) is 15.2. The number of rotatable bonds is 26. The summed E-state index contributed by atoms with van der Waals surface area (Å²) in [7, 11) is 0. The summed E-state index contributed by atoms with van der Waals surface area (Å²) < 4.78 is 51.0. The van der Waals surface area contributed by atoms with Crippen molar-refractivity contribution in [1.82, 2.24) is 58.1 Å². The molecule has 16 N–H and O–H groups in total. The van der Waals surface area contributed by atoms with Crippen molar-refractivity contribution in [3.8, 4) is 0 Å². The van der Waals surface area contributed by atoms with E-state index in [-0.39, 0.29) is 78.6 Å². The van der Waals surface area contributed by atoms with Crippen molar-refractivity contribution < 1.29 is 127 Å². The Kier molecular flexibility index (Phi) is 27.2. The summed E-state index contributed by atoms with van der Waals surface area (Å²) in [6.45, 7) is -0.277. The van der Waals surface area contributed by atoms with Crippen LogP contribution >= 0.6 is 0 Å². The summed E-state index contributed by atoms with van der Waals surface area (Å²) >= 11 is 0. The number of nitrogens with two attached hydrogens (primary N) is 4. The Hall–Kier alpha value is -14.7. The zero-order chi connectivity index (χ0) is 91.9. The molecular formula is C88H80N16O26. The van der Waals surface area contributed by atoms with Crippen molar-refractivity contribution in [1.29, 1.82) is 0 Å². The Morgan fingerprint density at radius 3 is 0.938 bits per heavy atom. The van der Waals surface area contributed by atoms with Gasteiger partial charge in [0.2, 0.25) is 0 Å². The van der Waals surface area contributed by atoms with Gasteiger partial charge in [-0.3, -0.25) is 56.6 Å². The molecule has 0 amide bonds. The number of nitrogen functional groups attached to an aromatic ring is 4. The normalized spacial score (nSPS) is 22.7. The summed E-state index contributed by atoms with van der Waals surface area (Å²) in [6.07, 6.45) is -1.12. The minimum absolute atomic E-state index is 0.00276. The van der Waals surface area contributed by atoms with Gasteiger partial charge in [0, 0.05) is 69.3 Å². The molecule has 42 nitrogen and oxygen atoms in total. The van der Waals surface area contributed by atoms with Gasteiger partial charge in [0.05, 0.1) is 85.6 Å². The molecule has 14 aromatic rings. The fourth-order valence-electron chi connectivity index (χ4n) is 15.2. The van der Waals surface area contributed by atoms with Crippen molar-refractivity contribution in [2.45, 2.75) is 111 Å². The number of benzene rings is 6. The van der Waals surface area contributed by atoms with E-state index in [1.807, 2.05) is 18.2 Å². The summed E-state index contributed by atoms with van der Waals surface area (Å²) in [5.74, 6) is -1.47. The predicted octanol–water partition coefficient (Wildman–Crippen LogP) is 3.48. The second-order valence-corrected chi connectivity index (χ2v) is 30.3. The van der Waals surface area contributed by atoms with Gasteiger partial charge in [0.15, 0.2) is 97.8 Å². The zero-order valence-corrected chi connectivity index (χ0v) is 67.9. The van der Waals surface area contributed by atoms with Crippen LogP contribution in [-0.2, 0) is 51.1 Å². The highest BCUT2D eigenvalue weighted by Gasteiger charge is 2.49. The molecule has 0 spiro atoms. The molecule has 18 rings (SSSR count). The Morgan fingerprint density at radius 2 is 0.585 bits per heavy atom. The van der Waals surface area contributed by atoms with Crippen molar-refractivity contribution in [2.75, 3.05) is 49.4 Å². The van der Waals surface area contributed by atoms with Gasteiger partial charge in [0.25, 0.3) is 0 Å². The Balaban J connectivity index is 0.000000133. The van der Waals surface area contributed by atoms with Crippen LogP contribution in [0.4, 0.5) is 22.7 Å². The number of ether oxygens (including phenoxy) is 8. The number of aromatic nitrogens is 12. The first-order chi connectivity index (χ1) is 62.9. The third kappa shape index (κ3) is 18.3. The lowest BCUT2D eigenvalue weighted by Gasteiger charge is -2.16. The number of aliphatic hydroxyl groups is 8. The number of esters is 2. The van der Waals surface area contributed by atoms with Gasteiger partial charge < -0.3 is 102 Å². The molecule has 16 unspecified atom stereocenters. The van der Waals surface area contributed by atoms with Crippen molar-refractivity contribution in [3.63, 3.8) is 0 Å². The van der Waals surface area contributed by atoms with E-state index in [2.05, 4.69) is 39.9 Å². The van der Waals surface area contributed by atoms with Gasteiger partial charge in [0.1, 0.15) is 109 Å². The van der Waals surface area contributed by atoms with Crippen LogP contribution in [0.2, 0.25) is 0 Å². The van der Waals surface area contributed by atoms with Crippen LogP contribution in [0.3, 0.4) is 0 Å². The third-order valence-electron chi connectivity index (χ3n) is 22.1. The van der Waals surface area contributed by atoms with Crippen LogP contribution in [0.5, 0.6) is 0 Å². The molecule has 0 radical (unpaired) electrons. The molecule has 4 saturated heterocycles. The summed E-state index contributed by atoms with van der Waals surface area (Å²) in [5, 5.41) is 86.6. The van der Waals surface area contributed by atoms with E-state index in [0.717, 1.165) is 16.3 Å². The maximum Gasteiger partial charge on any atom is 0.338 e. The number of aliphatic hydroxyl groups excluding tert-OH is 8. The average molecular weight is 1780 g/mol. The largest absolute Gasteiger partial charge is 0.459 e. The quantitative estimate of drug-likeness (QED) is 0.0273. The molecular weight excluding hydrogens is 1700 g/mol. The molecule has 42 heteroatoms. The minimum Gasteiger partial charge on any atom is -0.459 e. The maximum absolute atomic E-state index is 12.6. The molecule has 4 aliphatic rings. The smallest absolute Gasteiger partial charge is 0.338 e. The second kappa shape index (κ2) is 39.2. The topological polar surface area (TPSA) is 633 Å². The summed E-state index contributed by atoms with van der Waals surface area (Å²) in [6, 6.07) is 31.8. The monoisotopic (exact) mass is 1780 g/mol. The van der Waals surface area contributed by atoms with Gasteiger partial charge in [-0.2, -0.15) is 0 Å². The van der Waals surface area contributed by atoms with E-state index >= 15 is 0 Å². The van der Waals surface area contributed by atoms with Gasteiger partial charge in [-0.25, -0.2) is 49.5 Å². The summed E-state index contributed by atoms with van der Waals surface area (Å²) in [5.41, 5.74) is 32.4. The number of hydrogen-bond acceptors (Lipinski definition) is 38. The minimum atomic E-state index is -1.35. The number of nitrogens with zero attached hydrogens (tertiary/aromatic N) is 12. The molecule has 4 fully saturated rings. The number of pyridine rings is 4. The molecule has 0 saturated carbocycles. The van der Waals surface area contributed by atoms with Crippen LogP contribution in [0.15, 0.2) is 171 Å². The second-order valence-electron chi connectivity index (χ2n) is 30.3. The lowest BCUT2D eigenvalue weighted by atomic mass is 10.0. The molecule has 668 valence electrons. The molecule has 130 heavy (non-hydrogen) atoms. The third-order valence-corrected chi connectivity index (χ3v) is 22.1. The van der Waals surface area contributed by atoms with E-state index in [0.29, 0.717) is 151 Å². The van der Waals surface area contributed by atoms with Crippen LogP contribution in [0, 0.1) is 0 Å². The van der Waals surface area contributed by atoms with Crippen LogP contribution in [0.1, 0.15) is 140 Å². The molecule has 6 aromatic carbocycles. The van der Waals surface area contributed by atoms with Gasteiger partial charge in [-0.15, -0.1) is 0 Å². The van der Waals surface area contributed by atoms with E-state index in [9.17, 15) is 88.8 Å². The Labute approximate surface area is 731 Å². The zero-order valence-electron chi connectivity index (χ0n) is 67.9. The van der Waals surface area contributed by atoms with E-state index in [4.69, 9.17) is 60.8 Å². The lowest BCUT2D eigenvalue weighted by molar-refractivity contribution is -0.0682. The standard InChI is InChI=1S/C24H20N4O7.C24H22N4O6.C20H18N4O7.C20H20N4O6/c25-17-3-4-26-22-19(17)27-11-28(22)23-21(32)20(31)18(35-23)10-34-24(33)13-2-1-12-5-15(8-29)16(9-30)7-14(12)6-13;25-18-3-4-26-23-20(18)27-12-28(23)24-22(32)21(31)19(34-24)11-33-10-13-1-2-14-6-16(8-29)17(9-30)7-15(14)5-13;21-13-3-4-22-18-15(13)23-9-24(18)19-17(28)16(27)14(31-19)8-30-20(29)10-1-2-11(6-25)12(5-10)7-26;21-14-3-4-22-19-16(14)23-10-24(19)20-18(28)17(27)15(30-20)9-29-8-11-1-2-12(6-25)13(5-11)7-26/h1-9,11,18,20-21,23,31-32H,10H2,(H2,25,26);1-9,12,19,21-22,24,31-32H,10-11H2,(H2,25,26);1-7,9,14,16-17,19,27-28H,8H2,(H2,21,22);1-7,10,15,17-18,20,27-28H,8-9H2,(H2,21,22). The van der Waals surface area contributed by atoms with Crippen molar-refractivity contribution in [3.05, 3.63) is 238 Å². The molecule has 8 aromatic heterocycles. The Morgan fingerprint density at radius 1 is 0.308 bits per heavy atom. The number of carbonyl (C=O) groups excluding carboxylic acids is 10. The SMILES string of the molecule is Nc1ccnc2c1ncn2C1OC(COC(=O)c2ccc(C=O)c(C=O)c2)C(O)C1O.Nc1ccnc2c1ncn2C1OC(COC(=O)c2ccc3cc(C=O)c(C=O)cc3c2)C(O)C1O.Nc1ccnc2c1ncn2C1OC(COCc2ccc(C=O)c(C=O)c2)C(O)C1O.Nc1ccnc2c1ncn2C1OC(COCc2ccc3cc(C=O)c(C=O)cc3c2)C(O)C1O. The number of aldehydes is 8. The van der Waals surface area contributed by atoms with Gasteiger partial charge in [-0.1, -0.05) is 36.4 Å². The van der Waals surface area contributed by atoms with Crippen LogP contribution < -0.4 is 22.9 Å². The number of anilines is 4. The molecule has 0 aliphatic carbocycles.